The zero-order valence-corrected chi connectivity index (χ0v) is 22.3. The maximum Gasteiger partial charge on any atom is 0.407 e. The number of amides is 3. The summed E-state index contributed by atoms with van der Waals surface area (Å²) in [5.41, 5.74) is 8.17. The first-order chi connectivity index (χ1) is 18.5. The van der Waals surface area contributed by atoms with E-state index < -0.39 is 12.0 Å². The van der Waals surface area contributed by atoms with Gasteiger partial charge in [0.1, 0.15) is 0 Å². The number of hydrogen-bond donors (Lipinski definition) is 4. The third-order valence-electron chi connectivity index (χ3n) is 6.92. The van der Waals surface area contributed by atoms with E-state index in [0.29, 0.717) is 42.8 Å². The van der Waals surface area contributed by atoms with Gasteiger partial charge < -0.3 is 26.4 Å². The number of nitrogens with one attached hydrogen (secondary N) is 2. The molecule has 0 bridgehead atoms. The molecule has 1 saturated heterocycles. The Kier molecular flexibility index (Phi) is 8.13. The van der Waals surface area contributed by atoms with E-state index in [2.05, 4.69) is 20.6 Å². The topological polar surface area (TPSA) is 151 Å². The number of nitrogens with two attached hydrogens (primary N) is 1. The number of anilines is 1. The van der Waals surface area contributed by atoms with Gasteiger partial charge in [0.2, 0.25) is 0 Å². The van der Waals surface area contributed by atoms with Crippen LogP contribution in [-0.4, -0.2) is 56.5 Å². The molecule has 39 heavy (non-hydrogen) atoms. The van der Waals surface area contributed by atoms with E-state index in [1.54, 1.807) is 24.3 Å². The summed E-state index contributed by atoms with van der Waals surface area (Å²) in [7, 11) is 0. The molecule has 4 rings (SSSR count). The van der Waals surface area contributed by atoms with Gasteiger partial charge in [0, 0.05) is 36.3 Å². The number of benzene rings is 2. The lowest BCUT2D eigenvalue weighted by Gasteiger charge is -2.44. The molecule has 3 amide bonds. The third-order valence-corrected chi connectivity index (χ3v) is 6.92. The molecule has 1 aliphatic heterocycles. The van der Waals surface area contributed by atoms with Crippen LogP contribution in [0.4, 0.5) is 10.6 Å². The molecule has 1 aliphatic rings. The number of carbonyl (C=O) groups excluding carboxylic acids is 2. The maximum atomic E-state index is 13.2. The Labute approximate surface area is 227 Å². The summed E-state index contributed by atoms with van der Waals surface area (Å²) in [4.78, 5) is 47.8. The average molecular weight is 531 g/mol. The van der Waals surface area contributed by atoms with Crippen LogP contribution in [0.1, 0.15) is 60.0 Å². The highest BCUT2D eigenvalue weighted by atomic mass is 16.4. The van der Waals surface area contributed by atoms with Crippen LogP contribution in [0, 0.1) is 5.41 Å². The highest BCUT2D eigenvalue weighted by Crippen LogP contribution is 2.32. The lowest BCUT2D eigenvalue weighted by Crippen LogP contribution is -2.56. The molecule has 1 fully saturated rings. The van der Waals surface area contributed by atoms with Gasteiger partial charge in [0.25, 0.3) is 11.8 Å². The van der Waals surface area contributed by atoms with E-state index in [-0.39, 0.29) is 34.9 Å². The Morgan fingerprint density at radius 2 is 1.82 bits per heavy atom. The van der Waals surface area contributed by atoms with Crippen molar-refractivity contribution in [2.75, 3.05) is 12.3 Å². The number of carbonyl (C=O) groups is 3. The summed E-state index contributed by atoms with van der Waals surface area (Å²) >= 11 is 0. The first-order valence-electron chi connectivity index (χ1n) is 12.9. The van der Waals surface area contributed by atoms with Crippen LogP contribution in [0.2, 0.25) is 0 Å². The maximum absolute atomic E-state index is 13.2. The van der Waals surface area contributed by atoms with Crippen LogP contribution in [0.15, 0.2) is 60.8 Å². The molecule has 5 N–H and O–H groups in total. The minimum Gasteiger partial charge on any atom is -0.465 e. The van der Waals surface area contributed by atoms with Crippen molar-refractivity contribution in [1.82, 2.24) is 25.5 Å². The Morgan fingerprint density at radius 3 is 2.51 bits per heavy atom. The first kappa shape index (κ1) is 27.6. The molecule has 2 aromatic carbocycles. The van der Waals surface area contributed by atoms with Gasteiger partial charge >= 0.3 is 6.09 Å². The molecule has 10 nitrogen and oxygen atoms in total. The lowest BCUT2D eigenvalue weighted by atomic mass is 9.79. The predicted molar refractivity (Wildman–Crippen MR) is 148 cm³/mol. The normalized spacial score (nSPS) is 17.4. The first-order valence-corrected chi connectivity index (χ1v) is 12.9. The third kappa shape index (κ3) is 6.70. The Bertz CT molecular complexity index is 1360. The minimum atomic E-state index is -0.960. The number of likely N-dealkylation sites (tertiary alicyclic amines) is 1. The van der Waals surface area contributed by atoms with Crippen LogP contribution in [0.25, 0.3) is 11.3 Å². The molecule has 2 unspecified atom stereocenters. The highest BCUT2D eigenvalue weighted by molar-refractivity contribution is 5.97. The van der Waals surface area contributed by atoms with Gasteiger partial charge in [-0.05, 0) is 36.0 Å². The second-order valence-electron chi connectivity index (χ2n) is 10.8. The van der Waals surface area contributed by atoms with Crippen molar-refractivity contribution in [1.29, 1.82) is 0 Å². The summed E-state index contributed by atoms with van der Waals surface area (Å²) in [6, 6.07) is 16.1. The molecule has 3 aromatic rings. The van der Waals surface area contributed by atoms with E-state index in [0.717, 1.165) is 5.56 Å². The number of piperidine rings is 1. The fraction of sp³-hybridized carbons (Fsp3) is 0.345. The van der Waals surface area contributed by atoms with Crippen molar-refractivity contribution >= 4 is 23.7 Å². The number of nitrogen functional groups attached to an aromatic ring is 1. The van der Waals surface area contributed by atoms with Crippen LogP contribution < -0.4 is 16.4 Å². The molecule has 0 aliphatic carbocycles. The standard InChI is InChI=1S/C29H34N6O4/c1-29(2,3)23-15-21(12-13-35(23)28(38)39)33-27(37)24-25(30)31-17-22(34-24)19-10-7-11-20(14-19)26(36)32-16-18-8-5-4-6-9-18/h4-11,14,17,21,23H,12-13,15-16H2,1-3H3,(H2,30,31)(H,32,36)(H,33,37)(H,38,39). The van der Waals surface area contributed by atoms with E-state index in [4.69, 9.17) is 5.73 Å². The Hall–Kier alpha value is -4.47. The summed E-state index contributed by atoms with van der Waals surface area (Å²) in [6.07, 6.45) is 1.47. The predicted octanol–water partition coefficient (Wildman–Crippen LogP) is 3.94. The summed E-state index contributed by atoms with van der Waals surface area (Å²) in [5.74, 6) is -0.716. The Balaban J connectivity index is 1.48. The van der Waals surface area contributed by atoms with Crippen molar-refractivity contribution < 1.29 is 19.5 Å². The SMILES string of the molecule is CC(C)(C)C1CC(NC(=O)c2nc(-c3cccc(C(=O)NCc4ccccc4)c3)cnc2N)CCN1C(=O)O. The van der Waals surface area contributed by atoms with Gasteiger partial charge in [-0.15, -0.1) is 0 Å². The molecule has 2 heterocycles. The molecular weight excluding hydrogens is 496 g/mol. The number of carboxylic acid groups (broad SMARTS) is 1. The molecule has 2 atom stereocenters. The fourth-order valence-corrected chi connectivity index (χ4v) is 4.80. The van der Waals surface area contributed by atoms with E-state index in [9.17, 15) is 19.5 Å². The van der Waals surface area contributed by atoms with Gasteiger partial charge in [0.15, 0.2) is 11.5 Å². The monoisotopic (exact) mass is 530 g/mol. The smallest absolute Gasteiger partial charge is 0.407 e. The number of hydrogen-bond acceptors (Lipinski definition) is 6. The zero-order valence-electron chi connectivity index (χ0n) is 22.3. The second-order valence-corrected chi connectivity index (χ2v) is 10.8. The fourth-order valence-electron chi connectivity index (χ4n) is 4.80. The van der Waals surface area contributed by atoms with Crippen molar-refractivity contribution in [3.05, 3.63) is 77.6 Å². The molecule has 1 aromatic heterocycles. The van der Waals surface area contributed by atoms with Crippen molar-refractivity contribution in [3.63, 3.8) is 0 Å². The van der Waals surface area contributed by atoms with Gasteiger partial charge in [-0.2, -0.15) is 0 Å². The minimum absolute atomic E-state index is 0.0108. The summed E-state index contributed by atoms with van der Waals surface area (Å²) < 4.78 is 0. The Morgan fingerprint density at radius 1 is 1.08 bits per heavy atom. The molecule has 10 heteroatoms. The number of nitrogens with zero attached hydrogens (tertiary/aromatic N) is 3. The van der Waals surface area contributed by atoms with Crippen LogP contribution in [0.5, 0.6) is 0 Å². The highest BCUT2D eigenvalue weighted by Gasteiger charge is 2.39. The molecule has 0 saturated carbocycles. The number of aromatic nitrogens is 2. The van der Waals surface area contributed by atoms with Crippen LogP contribution in [0.3, 0.4) is 0 Å². The van der Waals surface area contributed by atoms with Crippen LogP contribution in [-0.2, 0) is 6.54 Å². The van der Waals surface area contributed by atoms with Gasteiger partial charge in [-0.1, -0.05) is 63.2 Å². The molecular formula is C29H34N6O4. The summed E-state index contributed by atoms with van der Waals surface area (Å²) in [6.45, 7) is 6.68. The van der Waals surface area contributed by atoms with Gasteiger partial charge in [-0.25, -0.2) is 14.8 Å². The second kappa shape index (κ2) is 11.5. The van der Waals surface area contributed by atoms with E-state index in [1.807, 2.05) is 51.1 Å². The summed E-state index contributed by atoms with van der Waals surface area (Å²) in [5, 5.41) is 15.5. The largest absolute Gasteiger partial charge is 0.465 e. The zero-order chi connectivity index (χ0) is 28.2. The van der Waals surface area contributed by atoms with Crippen molar-refractivity contribution in [3.8, 4) is 11.3 Å². The lowest BCUT2D eigenvalue weighted by molar-refractivity contribution is 0.0470. The van der Waals surface area contributed by atoms with Crippen molar-refractivity contribution in [2.45, 2.75) is 52.2 Å². The average Bonchev–Trinajstić information content (AvgIpc) is 2.92. The van der Waals surface area contributed by atoms with E-state index >= 15 is 0 Å². The van der Waals surface area contributed by atoms with E-state index in [1.165, 1.54) is 11.1 Å². The van der Waals surface area contributed by atoms with Crippen molar-refractivity contribution in [2.24, 2.45) is 5.41 Å². The van der Waals surface area contributed by atoms with Crippen LogP contribution >= 0.6 is 0 Å². The van der Waals surface area contributed by atoms with Gasteiger partial charge in [-0.3, -0.25) is 9.59 Å². The molecule has 0 radical (unpaired) electrons. The number of rotatable bonds is 6. The molecule has 204 valence electrons. The van der Waals surface area contributed by atoms with Gasteiger partial charge in [0.05, 0.1) is 11.9 Å². The molecule has 0 spiro atoms. The quantitative estimate of drug-likeness (QED) is 0.377.